The first-order valence-corrected chi connectivity index (χ1v) is 6.48. The lowest BCUT2D eigenvalue weighted by Gasteiger charge is -2.10. The highest BCUT2D eigenvalue weighted by Crippen LogP contribution is 2.27. The maximum atomic E-state index is 13.5. The fraction of sp³-hybridized carbons (Fsp3) is 0.0769. The van der Waals surface area contributed by atoms with Crippen molar-refractivity contribution < 1.29 is 18.4 Å². The fourth-order valence-electron chi connectivity index (χ4n) is 1.62. The van der Waals surface area contributed by atoms with Crippen LogP contribution in [0.1, 0.15) is 5.56 Å². The lowest BCUT2D eigenvalue weighted by molar-refractivity contribution is -0.384. The molecular formula is C13H9BrF2N2O3. The van der Waals surface area contributed by atoms with Gasteiger partial charge in [0.25, 0.3) is 5.69 Å². The first-order chi connectivity index (χ1) is 9.88. The van der Waals surface area contributed by atoms with Crippen LogP contribution in [0, 0.1) is 21.7 Å². The summed E-state index contributed by atoms with van der Waals surface area (Å²) in [7, 11) is 0. The molecule has 2 aromatic carbocycles. The average Bonchev–Trinajstić information content (AvgIpc) is 2.42. The molecule has 2 aromatic rings. The predicted molar refractivity (Wildman–Crippen MR) is 75.9 cm³/mol. The molecule has 0 saturated heterocycles. The Labute approximate surface area is 126 Å². The number of nitrogen functional groups attached to an aromatic ring is 1. The molecule has 0 heterocycles. The Balaban J connectivity index is 2.24. The second kappa shape index (κ2) is 6.04. The number of halogens is 3. The van der Waals surface area contributed by atoms with E-state index in [0.29, 0.717) is 10.0 Å². The number of nitrogens with two attached hydrogens (primary N) is 1. The van der Waals surface area contributed by atoms with Crippen LogP contribution in [0.25, 0.3) is 0 Å². The van der Waals surface area contributed by atoms with Gasteiger partial charge in [0, 0.05) is 27.9 Å². The molecule has 0 radical (unpaired) electrons. The van der Waals surface area contributed by atoms with Crippen LogP contribution in [0.3, 0.4) is 0 Å². The summed E-state index contributed by atoms with van der Waals surface area (Å²) >= 11 is 3.02. The third-order valence-corrected chi connectivity index (χ3v) is 3.14. The van der Waals surface area contributed by atoms with E-state index >= 15 is 0 Å². The second-order valence-corrected chi connectivity index (χ2v) is 5.04. The van der Waals surface area contributed by atoms with Crippen molar-refractivity contribution in [1.82, 2.24) is 0 Å². The molecule has 0 unspecified atom stereocenters. The van der Waals surface area contributed by atoms with Gasteiger partial charge in [-0.2, -0.15) is 4.39 Å². The van der Waals surface area contributed by atoms with Crippen LogP contribution in [-0.2, 0) is 6.61 Å². The Bertz CT molecular complexity index is 710. The topological polar surface area (TPSA) is 78.4 Å². The summed E-state index contributed by atoms with van der Waals surface area (Å²) in [5, 5.41) is 10.7. The van der Waals surface area contributed by atoms with Gasteiger partial charge in [-0.3, -0.25) is 10.1 Å². The third kappa shape index (κ3) is 3.46. The minimum atomic E-state index is -1.14. The number of nitrogens with zero attached hydrogens (tertiary/aromatic N) is 1. The molecule has 21 heavy (non-hydrogen) atoms. The molecule has 0 aliphatic heterocycles. The summed E-state index contributed by atoms with van der Waals surface area (Å²) < 4.78 is 32.2. The van der Waals surface area contributed by atoms with Gasteiger partial charge >= 0.3 is 0 Å². The van der Waals surface area contributed by atoms with Crippen LogP contribution in [0.5, 0.6) is 5.75 Å². The van der Waals surface area contributed by atoms with Gasteiger partial charge in [-0.05, 0) is 18.2 Å². The van der Waals surface area contributed by atoms with E-state index in [1.54, 1.807) is 0 Å². The van der Waals surface area contributed by atoms with E-state index in [1.807, 2.05) is 0 Å². The number of nitro groups is 1. The van der Waals surface area contributed by atoms with Gasteiger partial charge in [0.1, 0.15) is 6.61 Å². The van der Waals surface area contributed by atoms with E-state index in [0.717, 1.165) is 6.07 Å². The van der Waals surface area contributed by atoms with Gasteiger partial charge in [0.15, 0.2) is 11.6 Å². The molecule has 8 heteroatoms. The van der Waals surface area contributed by atoms with Gasteiger partial charge in [0.2, 0.25) is 5.82 Å². The zero-order valence-electron chi connectivity index (χ0n) is 10.5. The Kier molecular flexibility index (Phi) is 4.37. The Hall–Kier alpha value is -2.22. The van der Waals surface area contributed by atoms with Gasteiger partial charge in [0.05, 0.1) is 4.92 Å². The van der Waals surface area contributed by atoms with Gasteiger partial charge < -0.3 is 10.5 Å². The first kappa shape index (κ1) is 15.2. The van der Waals surface area contributed by atoms with Crippen LogP contribution < -0.4 is 10.5 Å². The highest BCUT2D eigenvalue weighted by atomic mass is 79.9. The first-order valence-electron chi connectivity index (χ1n) is 5.68. The van der Waals surface area contributed by atoms with E-state index in [1.165, 1.54) is 24.3 Å². The number of non-ortho nitro benzene ring substituents is 1. The second-order valence-electron chi connectivity index (χ2n) is 4.13. The number of ether oxygens (including phenoxy) is 1. The van der Waals surface area contributed by atoms with E-state index in [9.17, 15) is 18.9 Å². The van der Waals surface area contributed by atoms with Crippen molar-refractivity contribution in [3.63, 3.8) is 0 Å². The average molecular weight is 359 g/mol. The molecular weight excluding hydrogens is 350 g/mol. The highest BCUT2D eigenvalue weighted by molar-refractivity contribution is 9.10. The summed E-state index contributed by atoms with van der Waals surface area (Å²) in [5.41, 5.74) is 6.08. The molecule has 0 amide bonds. The normalized spacial score (nSPS) is 10.4. The maximum absolute atomic E-state index is 13.5. The number of hydrogen-bond donors (Lipinski definition) is 1. The van der Waals surface area contributed by atoms with E-state index in [2.05, 4.69) is 15.9 Å². The molecule has 2 rings (SSSR count). The molecule has 0 aromatic heterocycles. The third-order valence-electron chi connectivity index (χ3n) is 2.68. The number of nitro benzene ring substituents is 1. The van der Waals surface area contributed by atoms with Crippen molar-refractivity contribution in [2.75, 3.05) is 5.73 Å². The number of rotatable bonds is 4. The number of benzene rings is 2. The Morgan fingerprint density at radius 1 is 1.29 bits per heavy atom. The SMILES string of the molecule is Nc1ccc([N+](=O)[O-])cc1COc1cc(Br)cc(F)c1F. The van der Waals surface area contributed by atoms with E-state index in [-0.39, 0.29) is 23.7 Å². The highest BCUT2D eigenvalue weighted by Gasteiger charge is 2.14. The lowest BCUT2D eigenvalue weighted by Crippen LogP contribution is -2.03. The minimum Gasteiger partial charge on any atom is -0.486 e. The van der Waals surface area contributed by atoms with E-state index < -0.39 is 16.6 Å². The minimum absolute atomic E-state index is 0.163. The largest absolute Gasteiger partial charge is 0.486 e. The molecule has 5 nitrogen and oxygen atoms in total. The summed E-state index contributed by atoms with van der Waals surface area (Å²) in [6, 6.07) is 6.05. The monoisotopic (exact) mass is 358 g/mol. The van der Waals surface area contributed by atoms with Crippen molar-refractivity contribution >= 4 is 27.3 Å². The lowest BCUT2D eigenvalue weighted by atomic mass is 10.1. The summed E-state index contributed by atoms with van der Waals surface area (Å²) in [6.45, 7) is -0.222. The molecule has 0 atom stereocenters. The standard InChI is InChI=1S/C13H9BrF2N2O3/c14-8-4-10(15)13(16)12(5-8)21-6-7-3-9(18(19)20)1-2-11(7)17/h1-5H,6,17H2. The van der Waals surface area contributed by atoms with Crippen molar-refractivity contribution in [3.8, 4) is 5.75 Å². The Morgan fingerprint density at radius 3 is 2.67 bits per heavy atom. The number of anilines is 1. The molecule has 0 fully saturated rings. The zero-order valence-corrected chi connectivity index (χ0v) is 12.1. The molecule has 0 saturated carbocycles. The molecule has 0 bridgehead atoms. The van der Waals surface area contributed by atoms with Gasteiger partial charge in [-0.15, -0.1) is 0 Å². The van der Waals surface area contributed by atoms with Crippen molar-refractivity contribution in [2.24, 2.45) is 0 Å². The maximum Gasteiger partial charge on any atom is 0.269 e. The van der Waals surface area contributed by atoms with Gasteiger partial charge in [-0.25, -0.2) is 4.39 Å². The molecule has 0 spiro atoms. The van der Waals surface area contributed by atoms with E-state index in [4.69, 9.17) is 10.5 Å². The fourth-order valence-corrected chi connectivity index (χ4v) is 2.03. The zero-order chi connectivity index (χ0) is 15.6. The Morgan fingerprint density at radius 2 is 2.00 bits per heavy atom. The van der Waals surface area contributed by atoms with Crippen LogP contribution in [-0.4, -0.2) is 4.92 Å². The van der Waals surface area contributed by atoms with Crippen LogP contribution in [0.4, 0.5) is 20.2 Å². The van der Waals surface area contributed by atoms with Gasteiger partial charge in [-0.1, -0.05) is 15.9 Å². The summed E-state index contributed by atoms with van der Waals surface area (Å²) in [4.78, 5) is 10.1. The van der Waals surface area contributed by atoms with Crippen molar-refractivity contribution in [2.45, 2.75) is 6.61 Å². The molecule has 110 valence electrons. The van der Waals surface area contributed by atoms with Crippen LogP contribution in [0.2, 0.25) is 0 Å². The smallest absolute Gasteiger partial charge is 0.269 e. The van der Waals surface area contributed by atoms with Crippen molar-refractivity contribution in [3.05, 3.63) is 62.1 Å². The van der Waals surface area contributed by atoms with Crippen LogP contribution >= 0.6 is 15.9 Å². The molecule has 0 aliphatic rings. The summed E-state index contributed by atoms with van der Waals surface area (Å²) in [6.07, 6.45) is 0. The quantitative estimate of drug-likeness (QED) is 0.390. The van der Waals surface area contributed by atoms with Crippen molar-refractivity contribution in [1.29, 1.82) is 0 Å². The predicted octanol–water partition coefficient (Wildman–Crippen LogP) is 3.80. The molecule has 2 N–H and O–H groups in total. The number of hydrogen-bond acceptors (Lipinski definition) is 4. The molecule has 0 aliphatic carbocycles. The summed E-state index contributed by atoms with van der Waals surface area (Å²) in [5.74, 6) is -2.51. The van der Waals surface area contributed by atoms with Crippen LogP contribution in [0.15, 0.2) is 34.8 Å².